The zero-order valence-corrected chi connectivity index (χ0v) is 14.5. The molecule has 0 N–H and O–H groups in total. The van der Waals surface area contributed by atoms with Crippen molar-refractivity contribution < 1.29 is 0 Å². The van der Waals surface area contributed by atoms with E-state index in [1.54, 1.807) is 0 Å². The minimum absolute atomic E-state index is 0.474. The van der Waals surface area contributed by atoms with E-state index in [0.717, 1.165) is 17.8 Å². The summed E-state index contributed by atoms with van der Waals surface area (Å²) in [6, 6.07) is 0. The maximum Gasteiger partial charge on any atom is 0.0336 e. The Morgan fingerprint density at radius 3 is 2.19 bits per heavy atom. The van der Waals surface area contributed by atoms with Crippen molar-refractivity contribution in [3.63, 3.8) is 0 Å². The number of alkyl halides is 1. The quantitative estimate of drug-likeness (QED) is 0.623. The van der Waals surface area contributed by atoms with E-state index in [2.05, 4.69) is 4.90 Å². The summed E-state index contributed by atoms with van der Waals surface area (Å²) in [6.07, 6.45) is 17.3. The highest BCUT2D eigenvalue weighted by molar-refractivity contribution is 6.20. The van der Waals surface area contributed by atoms with Gasteiger partial charge < -0.3 is 4.90 Å². The maximum atomic E-state index is 6.24. The SMILES string of the molecule is ClC1CCC(CN2CCCC(CC3CCCCC3)C2)CC1. The van der Waals surface area contributed by atoms with E-state index < -0.39 is 0 Å². The molecule has 122 valence electrons. The lowest BCUT2D eigenvalue weighted by Crippen LogP contribution is -2.40. The molecule has 0 amide bonds. The lowest BCUT2D eigenvalue weighted by molar-refractivity contribution is 0.120. The van der Waals surface area contributed by atoms with Crippen molar-refractivity contribution in [2.45, 2.75) is 82.4 Å². The molecule has 0 aromatic rings. The Bertz CT molecular complexity index is 292. The zero-order chi connectivity index (χ0) is 14.5. The van der Waals surface area contributed by atoms with Crippen molar-refractivity contribution in [2.75, 3.05) is 19.6 Å². The van der Waals surface area contributed by atoms with E-state index in [4.69, 9.17) is 11.6 Å². The normalized spacial score (nSPS) is 36.7. The predicted molar refractivity (Wildman–Crippen MR) is 92.0 cm³/mol. The van der Waals surface area contributed by atoms with Crippen LogP contribution < -0.4 is 0 Å². The first-order valence-corrected chi connectivity index (χ1v) is 10.1. The molecule has 0 aromatic heterocycles. The number of piperidine rings is 1. The van der Waals surface area contributed by atoms with Crippen molar-refractivity contribution in [3.05, 3.63) is 0 Å². The average Bonchev–Trinajstić information content (AvgIpc) is 2.51. The smallest absolute Gasteiger partial charge is 0.0336 e. The summed E-state index contributed by atoms with van der Waals surface area (Å²) < 4.78 is 0. The molecular weight excluding hydrogens is 278 g/mol. The van der Waals surface area contributed by atoms with Crippen LogP contribution in [-0.4, -0.2) is 29.9 Å². The summed E-state index contributed by atoms with van der Waals surface area (Å²) in [7, 11) is 0. The summed E-state index contributed by atoms with van der Waals surface area (Å²) in [5.74, 6) is 3.01. The molecule has 1 unspecified atom stereocenters. The standard InChI is InChI=1S/C19H34ClN/c20-19-10-8-17(9-11-19)14-21-12-4-7-18(15-21)13-16-5-2-1-3-6-16/h16-19H,1-15H2. The molecule has 3 rings (SSSR count). The maximum absolute atomic E-state index is 6.24. The Labute approximate surface area is 136 Å². The third-order valence-corrected chi connectivity index (χ3v) is 6.72. The van der Waals surface area contributed by atoms with Gasteiger partial charge in [-0.05, 0) is 69.2 Å². The van der Waals surface area contributed by atoms with Crippen LogP contribution in [-0.2, 0) is 0 Å². The molecule has 21 heavy (non-hydrogen) atoms. The van der Waals surface area contributed by atoms with Crippen LogP contribution in [0.3, 0.4) is 0 Å². The van der Waals surface area contributed by atoms with Crippen LogP contribution >= 0.6 is 11.6 Å². The largest absolute Gasteiger partial charge is 0.303 e. The van der Waals surface area contributed by atoms with Gasteiger partial charge in [-0.3, -0.25) is 0 Å². The summed E-state index contributed by atoms with van der Waals surface area (Å²) >= 11 is 6.24. The van der Waals surface area contributed by atoms with E-state index in [-0.39, 0.29) is 0 Å². The predicted octanol–water partition coefficient (Wildman–Crippen LogP) is 5.47. The molecular formula is C19H34ClN. The molecule has 0 radical (unpaired) electrons. The van der Waals surface area contributed by atoms with Crippen LogP contribution in [0.4, 0.5) is 0 Å². The summed E-state index contributed by atoms with van der Waals surface area (Å²) in [5.41, 5.74) is 0. The molecule has 0 bridgehead atoms. The van der Waals surface area contributed by atoms with E-state index in [1.807, 2.05) is 0 Å². The number of halogens is 1. The molecule has 1 saturated heterocycles. The fourth-order valence-corrected chi connectivity index (χ4v) is 5.33. The molecule has 1 heterocycles. The highest BCUT2D eigenvalue weighted by Gasteiger charge is 2.27. The monoisotopic (exact) mass is 311 g/mol. The Kier molecular flexibility index (Phi) is 6.29. The van der Waals surface area contributed by atoms with Crippen LogP contribution in [0.5, 0.6) is 0 Å². The number of rotatable bonds is 4. The molecule has 1 nitrogen and oxygen atoms in total. The van der Waals surface area contributed by atoms with Crippen molar-refractivity contribution >= 4 is 11.6 Å². The molecule has 2 heteroatoms. The second kappa shape index (κ2) is 8.20. The summed E-state index contributed by atoms with van der Waals surface area (Å²) in [5, 5.41) is 0.474. The highest BCUT2D eigenvalue weighted by Crippen LogP contribution is 2.33. The topological polar surface area (TPSA) is 3.24 Å². The van der Waals surface area contributed by atoms with E-state index >= 15 is 0 Å². The third kappa shape index (κ3) is 5.13. The van der Waals surface area contributed by atoms with Gasteiger partial charge in [0.15, 0.2) is 0 Å². The minimum atomic E-state index is 0.474. The lowest BCUT2D eigenvalue weighted by Gasteiger charge is -2.38. The Morgan fingerprint density at radius 1 is 0.714 bits per heavy atom. The third-order valence-electron chi connectivity index (χ3n) is 6.29. The van der Waals surface area contributed by atoms with E-state index in [1.165, 1.54) is 96.7 Å². The van der Waals surface area contributed by atoms with Gasteiger partial charge in [-0.25, -0.2) is 0 Å². The molecule has 2 aliphatic carbocycles. The number of likely N-dealkylation sites (tertiary alicyclic amines) is 1. The van der Waals surface area contributed by atoms with Crippen LogP contribution in [0.2, 0.25) is 0 Å². The number of hydrogen-bond donors (Lipinski definition) is 0. The fraction of sp³-hybridized carbons (Fsp3) is 1.00. The van der Waals surface area contributed by atoms with Crippen molar-refractivity contribution in [3.8, 4) is 0 Å². The first kappa shape index (κ1) is 16.1. The first-order chi connectivity index (χ1) is 10.3. The molecule has 1 atom stereocenters. The highest BCUT2D eigenvalue weighted by atomic mass is 35.5. The molecule has 2 saturated carbocycles. The lowest BCUT2D eigenvalue weighted by atomic mass is 9.80. The van der Waals surface area contributed by atoms with Crippen molar-refractivity contribution in [2.24, 2.45) is 17.8 Å². The van der Waals surface area contributed by atoms with Gasteiger partial charge in [-0.1, -0.05) is 32.1 Å². The van der Waals surface area contributed by atoms with Gasteiger partial charge in [0.2, 0.25) is 0 Å². The van der Waals surface area contributed by atoms with E-state index in [9.17, 15) is 0 Å². The van der Waals surface area contributed by atoms with Crippen LogP contribution in [0.15, 0.2) is 0 Å². The first-order valence-electron chi connectivity index (χ1n) is 9.66. The number of hydrogen-bond acceptors (Lipinski definition) is 1. The Morgan fingerprint density at radius 2 is 1.43 bits per heavy atom. The van der Waals surface area contributed by atoms with E-state index in [0.29, 0.717) is 5.38 Å². The molecule has 3 aliphatic rings. The molecule has 3 fully saturated rings. The van der Waals surface area contributed by atoms with Gasteiger partial charge in [0, 0.05) is 18.5 Å². The Hall–Kier alpha value is 0.250. The van der Waals surface area contributed by atoms with Crippen molar-refractivity contribution in [1.82, 2.24) is 4.90 Å². The van der Waals surface area contributed by atoms with Crippen molar-refractivity contribution in [1.29, 1.82) is 0 Å². The van der Waals surface area contributed by atoms with Crippen LogP contribution in [0.1, 0.15) is 77.0 Å². The fourth-order valence-electron chi connectivity index (χ4n) is 5.07. The second-order valence-corrected chi connectivity index (χ2v) is 8.74. The molecule has 0 spiro atoms. The van der Waals surface area contributed by atoms with Gasteiger partial charge in [0.25, 0.3) is 0 Å². The van der Waals surface area contributed by atoms with Gasteiger partial charge in [-0.2, -0.15) is 0 Å². The summed E-state index contributed by atoms with van der Waals surface area (Å²) in [6.45, 7) is 4.13. The van der Waals surface area contributed by atoms with Gasteiger partial charge in [-0.15, -0.1) is 11.6 Å². The number of nitrogens with zero attached hydrogens (tertiary/aromatic N) is 1. The Balaban J connectivity index is 1.40. The van der Waals surface area contributed by atoms with Crippen LogP contribution in [0, 0.1) is 17.8 Å². The van der Waals surface area contributed by atoms with Gasteiger partial charge in [0.05, 0.1) is 0 Å². The second-order valence-electron chi connectivity index (χ2n) is 8.13. The molecule has 0 aromatic carbocycles. The summed E-state index contributed by atoms with van der Waals surface area (Å²) in [4.78, 5) is 2.80. The van der Waals surface area contributed by atoms with Gasteiger partial charge in [0.1, 0.15) is 0 Å². The van der Waals surface area contributed by atoms with Gasteiger partial charge >= 0.3 is 0 Å². The average molecular weight is 312 g/mol. The minimum Gasteiger partial charge on any atom is -0.303 e. The molecule has 1 aliphatic heterocycles. The zero-order valence-electron chi connectivity index (χ0n) is 13.7. The van der Waals surface area contributed by atoms with Crippen LogP contribution in [0.25, 0.3) is 0 Å².